The molecule has 0 saturated heterocycles. The maximum Gasteiger partial charge on any atom is 0.224 e. The minimum absolute atomic E-state index is 0.0934. The molecule has 2 nitrogen and oxygen atoms in total. The Morgan fingerprint density at radius 3 is 2.83 bits per heavy atom. The van der Waals surface area contributed by atoms with E-state index in [2.05, 4.69) is 5.32 Å². The number of hydrogen-bond donors (Lipinski definition) is 1. The van der Waals surface area contributed by atoms with E-state index in [4.69, 9.17) is 0 Å². The van der Waals surface area contributed by atoms with Crippen LogP contribution in [0.3, 0.4) is 0 Å². The fourth-order valence-corrected chi connectivity index (χ4v) is 2.44. The Labute approximate surface area is 109 Å². The molecule has 18 heavy (non-hydrogen) atoms. The highest BCUT2D eigenvalue weighted by molar-refractivity contribution is 7.07. The number of rotatable bonds is 4. The molecular formula is C14H14FNOS. The van der Waals surface area contributed by atoms with E-state index in [0.717, 1.165) is 5.56 Å². The normalized spacial score (nSPS) is 12.1. The molecule has 1 heterocycles. The summed E-state index contributed by atoms with van der Waals surface area (Å²) >= 11 is 1.56. The van der Waals surface area contributed by atoms with Gasteiger partial charge in [0, 0.05) is 5.56 Å². The number of carbonyl (C=O) groups is 1. The first kappa shape index (κ1) is 12.8. The lowest BCUT2D eigenvalue weighted by molar-refractivity contribution is -0.121. The van der Waals surface area contributed by atoms with Gasteiger partial charge in [0.1, 0.15) is 5.82 Å². The summed E-state index contributed by atoms with van der Waals surface area (Å²) in [7, 11) is 0. The smallest absolute Gasteiger partial charge is 0.224 e. The van der Waals surface area contributed by atoms with Crippen LogP contribution < -0.4 is 5.32 Å². The van der Waals surface area contributed by atoms with E-state index in [0.29, 0.717) is 12.0 Å². The number of nitrogens with one attached hydrogen (secondary N) is 1. The van der Waals surface area contributed by atoms with E-state index in [1.807, 2.05) is 16.8 Å². The van der Waals surface area contributed by atoms with Crippen molar-refractivity contribution in [2.45, 2.75) is 19.4 Å². The molecule has 0 aliphatic heterocycles. The van der Waals surface area contributed by atoms with E-state index < -0.39 is 0 Å². The fraction of sp³-hybridized carbons (Fsp3) is 0.214. The topological polar surface area (TPSA) is 29.1 Å². The predicted molar refractivity (Wildman–Crippen MR) is 71.0 cm³/mol. The lowest BCUT2D eigenvalue weighted by atomic mass is 10.1. The first-order chi connectivity index (χ1) is 8.66. The molecule has 0 radical (unpaired) electrons. The molecule has 1 aromatic carbocycles. The van der Waals surface area contributed by atoms with Crippen LogP contribution in [0, 0.1) is 5.82 Å². The van der Waals surface area contributed by atoms with Crippen LogP contribution in [-0.2, 0) is 11.2 Å². The van der Waals surface area contributed by atoms with Gasteiger partial charge in [-0.05, 0) is 35.4 Å². The summed E-state index contributed by atoms with van der Waals surface area (Å²) in [5.41, 5.74) is 1.49. The molecule has 2 rings (SSSR count). The van der Waals surface area contributed by atoms with Crippen molar-refractivity contribution in [2.75, 3.05) is 0 Å². The van der Waals surface area contributed by atoms with Crippen molar-refractivity contribution >= 4 is 17.2 Å². The second kappa shape index (κ2) is 5.78. The molecule has 0 fully saturated rings. The quantitative estimate of drug-likeness (QED) is 0.901. The molecule has 0 spiro atoms. The van der Waals surface area contributed by atoms with Gasteiger partial charge in [0.25, 0.3) is 0 Å². The van der Waals surface area contributed by atoms with Gasteiger partial charge >= 0.3 is 0 Å². The molecule has 1 amide bonds. The highest BCUT2D eigenvalue weighted by atomic mass is 32.1. The fourth-order valence-electron chi connectivity index (χ4n) is 1.78. The van der Waals surface area contributed by atoms with Gasteiger partial charge in [0.2, 0.25) is 5.91 Å². The van der Waals surface area contributed by atoms with Gasteiger partial charge in [-0.1, -0.05) is 18.2 Å². The largest absolute Gasteiger partial charge is 0.349 e. The minimum atomic E-state index is -0.322. The number of thiophene rings is 1. The van der Waals surface area contributed by atoms with Crippen LogP contribution in [0.5, 0.6) is 0 Å². The molecule has 1 aromatic heterocycles. The monoisotopic (exact) mass is 263 g/mol. The lowest BCUT2D eigenvalue weighted by Gasteiger charge is -2.14. The van der Waals surface area contributed by atoms with Gasteiger partial charge < -0.3 is 5.32 Å². The van der Waals surface area contributed by atoms with Gasteiger partial charge in [0.15, 0.2) is 0 Å². The van der Waals surface area contributed by atoms with Crippen molar-refractivity contribution in [3.05, 3.63) is 58.0 Å². The number of carbonyl (C=O) groups excluding carboxylic acids is 1. The average Bonchev–Trinajstić information content (AvgIpc) is 2.82. The Balaban J connectivity index is 1.97. The second-order valence-corrected chi connectivity index (χ2v) is 4.90. The van der Waals surface area contributed by atoms with Crippen molar-refractivity contribution < 1.29 is 9.18 Å². The summed E-state index contributed by atoms with van der Waals surface area (Å²) in [6.45, 7) is 1.78. The molecule has 4 heteroatoms. The van der Waals surface area contributed by atoms with Gasteiger partial charge in [-0.25, -0.2) is 4.39 Å². The van der Waals surface area contributed by atoms with Crippen molar-refractivity contribution in [3.8, 4) is 0 Å². The van der Waals surface area contributed by atoms with E-state index in [9.17, 15) is 9.18 Å². The first-order valence-corrected chi connectivity index (χ1v) is 6.66. The molecule has 2 aromatic rings. The Morgan fingerprint density at radius 2 is 2.17 bits per heavy atom. The van der Waals surface area contributed by atoms with E-state index >= 15 is 0 Å². The Morgan fingerprint density at radius 1 is 1.39 bits per heavy atom. The Kier molecular flexibility index (Phi) is 4.10. The number of benzene rings is 1. The van der Waals surface area contributed by atoms with Gasteiger partial charge in [0.05, 0.1) is 12.5 Å². The van der Waals surface area contributed by atoms with Gasteiger partial charge in [-0.3, -0.25) is 4.79 Å². The van der Waals surface area contributed by atoms with Crippen molar-refractivity contribution in [3.63, 3.8) is 0 Å². The molecule has 0 saturated carbocycles. The molecule has 0 aliphatic carbocycles. The molecule has 1 N–H and O–H groups in total. The summed E-state index contributed by atoms with van der Waals surface area (Å²) in [6, 6.07) is 8.08. The SMILES string of the molecule is C[C@@H](NC(=O)Cc1ccsc1)c1ccccc1F. The third-order valence-electron chi connectivity index (χ3n) is 2.69. The summed E-state index contributed by atoms with van der Waals surface area (Å²) in [4.78, 5) is 11.8. The van der Waals surface area contributed by atoms with Crippen LogP contribution >= 0.6 is 11.3 Å². The number of amides is 1. The highest BCUT2D eigenvalue weighted by Gasteiger charge is 2.13. The predicted octanol–water partition coefficient (Wildman–Crippen LogP) is 3.31. The van der Waals surface area contributed by atoms with Crippen molar-refractivity contribution in [1.82, 2.24) is 5.32 Å². The maximum atomic E-state index is 13.5. The van der Waals surface area contributed by atoms with E-state index in [1.165, 1.54) is 6.07 Å². The standard InChI is InChI=1S/C14H14FNOS/c1-10(12-4-2-3-5-13(12)15)16-14(17)8-11-6-7-18-9-11/h2-7,9-10H,8H2,1H3,(H,16,17)/t10-/m1/s1. The van der Waals surface area contributed by atoms with Crippen LogP contribution in [0.1, 0.15) is 24.1 Å². The lowest BCUT2D eigenvalue weighted by Crippen LogP contribution is -2.28. The van der Waals surface area contributed by atoms with Crippen LogP contribution in [-0.4, -0.2) is 5.91 Å². The Hall–Kier alpha value is -1.68. The van der Waals surface area contributed by atoms with Crippen LogP contribution in [0.25, 0.3) is 0 Å². The van der Waals surface area contributed by atoms with Crippen LogP contribution in [0.4, 0.5) is 4.39 Å². The second-order valence-electron chi connectivity index (χ2n) is 4.12. The average molecular weight is 263 g/mol. The summed E-state index contributed by atoms with van der Waals surface area (Å²) in [6.07, 6.45) is 0.336. The molecule has 1 atom stereocenters. The summed E-state index contributed by atoms with van der Waals surface area (Å²) in [5, 5.41) is 6.67. The zero-order chi connectivity index (χ0) is 13.0. The van der Waals surface area contributed by atoms with E-state index in [-0.39, 0.29) is 17.8 Å². The third-order valence-corrected chi connectivity index (χ3v) is 3.43. The van der Waals surface area contributed by atoms with Crippen LogP contribution in [0.2, 0.25) is 0 Å². The van der Waals surface area contributed by atoms with Gasteiger partial charge in [-0.15, -0.1) is 0 Å². The Bertz CT molecular complexity index is 524. The molecular weight excluding hydrogens is 249 g/mol. The van der Waals surface area contributed by atoms with Crippen molar-refractivity contribution in [2.24, 2.45) is 0 Å². The van der Waals surface area contributed by atoms with Gasteiger partial charge in [-0.2, -0.15) is 11.3 Å². The summed E-state index contributed by atoms with van der Waals surface area (Å²) < 4.78 is 13.5. The number of hydrogen-bond acceptors (Lipinski definition) is 2. The third kappa shape index (κ3) is 3.17. The van der Waals surface area contributed by atoms with Crippen molar-refractivity contribution in [1.29, 1.82) is 0 Å². The molecule has 0 aliphatic rings. The maximum absolute atomic E-state index is 13.5. The zero-order valence-corrected chi connectivity index (χ0v) is 10.8. The number of halogens is 1. The highest BCUT2D eigenvalue weighted by Crippen LogP contribution is 2.16. The summed E-state index contributed by atoms with van der Waals surface area (Å²) in [5.74, 6) is -0.384. The van der Waals surface area contributed by atoms with Crippen LogP contribution in [0.15, 0.2) is 41.1 Å². The minimum Gasteiger partial charge on any atom is -0.349 e. The zero-order valence-electron chi connectivity index (χ0n) is 10.0. The molecule has 0 bridgehead atoms. The molecule has 0 unspecified atom stereocenters. The first-order valence-electron chi connectivity index (χ1n) is 5.71. The molecule has 94 valence electrons. The van der Waals surface area contributed by atoms with E-state index in [1.54, 1.807) is 36.5 Å².